The molecule has 0 aromatic heterocycles. The van der Waals surface area contributed by atoms with Crippen molar-refractivity contribution in [2.24, 2.45) is 5.92 Å². The Labute approximate surface area is 132 Å². The van der Waals surface area contributed by atoms with Gasteiger partial charge in [-0.2, -0.15) is 0 Å². The highest BCUT2D eigenvalue weighted by Crippen LogP contribution is 2.32. The fourth-order valence-corrected chi connectivity index (χ4v) is 3.35. The summed E-state index contributed by atoms with van der Waals surface area (Å²) in [7, 11) is 0. The second-order valence-electron chi connectivity index (χ2n) is 6.34. The van der Waals surface area contributed by atoms with Gasteiger partial charge in [0.15, 0.2) is 0 Å². The molecular weight excluding hydrogens is 254 g/mol. The van der Waals surface area contributed by atoms with Crippen LogP contribution in [0.2, 0.25) is 0 Å². The Morgan fingerprint density at radius 2 is 1.67 bits per heavy atom. The molecule has 0 fully saturated rings. The molecular formula is C20H35N. The number of nitrogens with one attached hydrogen (secondary N) is 1. The minimum atomic E-state index is 0.615. The van der Waals surface area contributed by atoms with Gasteiger partial charge in [-0.15, -0.1) is 0 Å². The molecule has 0 aliphatic rings. The van der Waals surface area contributed by atoms with Gasteiger partial charge in [0.05, 0.1) is 0 Å². The zero-order chi connectivity index (χ0) is 15.5. The Hall–Kier alpha value is -0.820. The summed E-state index contributed by atoms with van der Waals surface area (Å²) in [6, 6.07) is 11.7. The van der Waals surface area contributed by atoms with Gasteiger partial charge < -0.3 is 5.32 Å². The summed E-state index contributed by atoms with van der Waals surface area (Å²) in [4.78, 5) is 0. The van der Waals surface area contributed by atoms with E-state index in [9.17, 15) is 0 Å². The molecule has 1 rings (SSSR count). The van der Waals surface area contributed by atoms with Crippen LogP contribution in [0.1, 0.15) is 77.7 Å². The second-order valence-corrected chi connectivity index (χ2v) is 6.34. The van der Waals surface area contributed by atoms with Crippen molar-refractivity contribution in [3.8, 4) is 0 Å². The Bertz CT molecular complexity index is 346. The van der Waals surface area contributed by atoms with Crippen LogP contribution in [-0.2, 0) is 0 Å². The Morgan fingerprint density at radius 3 is 2.24 bits per heavy atom. The third kappa shape index (κ3) is 6.22. The molecule has 3 unspecified atom stereocenters. The first-order valence-corrected chi connectivity index (χ1v) is 9.02. The van der Waals surface area contributed by atoms with Crippen molar-refractivity contribution in [2.45, 2.75) is 78.2 Å². The summed E-state index contributed by atoms with van der Waals surface area (Å²) in [5.41, 5.74) is 1.51. The lowest BCUT2D eigenvalue weighted by molar-refractivity contribution is 0.317. The SMILES string of the molecule is CCCCCCC(NCC)C(c1ccccc1)C(C)CC. The van der Waals surface area contributed by atoms with Crippen LogP contribution in [0.4, 0.5) is 0 Å². The van der Waals surface area contributed by atoms with Crippen LogP contribution >= 0.6 is 0 Å². The molecule has 0 aliphatic heterocycles. The van der Waals surface area contributed by atoms with Crippen molar-refractivity contribution in [3.63, 3.8) is 0 Å². The van der Waals surface area contributed by atoms with Gasteiger partial charge in [-0.25, -0.2) is 0 Å². The normalized spacial score (nSPS) is 15.6. The minimum absolute atomic E-state index is 0.615. The predicted octanol–water partition coefficient (Wildman–Crippen LogP) is 5.76. The maximum absolute atomic E-state index is 3.77. The van der Waals surface area contributed by atoms with E-state index < -0.39 is 0 Å². The summed E-state index contributed by atoms with van der Waals surface area (Å²) in [6.07, 6.45) is 7.97. The highest BCUT2D eigenvalue weighted by molar-refractivity contribution is 5.22. The van der Waals surface area contributed by atoms with Crippen LogP contribution in [0, 0.1) is 5.92 Å². The number of unbranched alkanes of at least 4 members (excludes halogenated alkanes) is 3. The largest absolute Gasteiger partial charge is 0.314 e. The predicted molar refractivity (Wildman–Crippen MR) is 94.9 cm³/mol. The van der Waals surface area contributed by atoms with Crippen LogP contribution in [-0.4, -0.2) is 12.6 Å². The lowest BCUT2D eigenvalue weighted by atomic mass is 9.78. The smallest absolute Gasteiger partial charge is 0.0138 e. The van der Waals surface area contributed by atoms with Gasteiger partial charge in [0.2, 0.25) is 0 Å². The molecule has 21 heavy (non-hydrogen) atoms. The molecule has 3 atom stereocenters. The molecule has 0 heterocycles. The summed E-state index contributed by atoms with van der Waals surface area (Å²) < 4.78 is 0. The van der Waals surface area contributed by atoms with E-state index in [1.165, 1.54) is 44.1 Å². The number of rotatable bonds is 11. The first-order chi connectivity index (χ1) is 10.2. The van der Waals surface area contributed by atoms with Crippen LogP contribution in [0.25, 0.3) is 0 Å². The second kappa shape index (κ2) is 10.8. The minimum Gasteiger partial charge on any atom is -0.314 e. The lowest BCUT2D eigenvalue weighted by Crippen LogP contribution is -2.37. The van der Waals surface area contributed by atoms with Crippen LogP contribution in [0.5, 0.6) is 0 Å². The molecule has 0 spiro atoms. The van der Waals surface area contributed by atoms with Crippen LogP contribution < -0.4 is 5.32 Å². The molecule has 0 saturated carbocycles. The maximum atomic E-state index is 3.77. The van der Waals surface area contributed by atoms with E-state index in [1.54, 1.807) is 0 Å². The van der Waals surface area contributed by atoms with Crippen molar-refractivity contribution < 1.29 is 0 Å². The standard InChI is InChI=1S/C20H35N/c1-5-8-9-13-16-19(21-7-3)20(17(4)6-2)18-14-11-10-12-15-18/h10-12,14-15,17,19-21H,5-9,13,16H2,1-4H3. The van der Waals surface area contributed by atoms with Gasteiger partial charge in [0, 0.05) is 12.0 Å². The molecule has 0 saturated heterocycles. The molecule has 120 valence electrons. The van der Waals surface area contributed by atoms with Gasteiger partial charge in [-0.05, 0) is 24.4 Å². The van der Waals surface area contributed by atoms with E-state index >= 15 is 0 Å². The number of likely N-dealkylation sites (N-methyl/N-ethyl adjacent to an activating group) is 1. The average molecular weight is 290 g/mol. The van der Waals surface area contributed by atoms with E-state index in [2.05, 4.69) is 63.3 Å². The quantitative estimate of drug-likeness (QED) is 0.510. The molecule has 1 aromatic rings. The topological polar surface area (TPSA) is 12.0 Å². The van der Waals surface area contributed by atoms with Crippen molar-refractivity contribution >= 4 is 0 Å². The molecule has 1 aromatic carbocycles. The third-order valence-electron chi connectivity index (χ3n) is 4.71. The first-order valence-electron chi connectivity index (χ1n) is 9.02. The zero-order valence-corrected chi connectivity index (χ0v) is 14.6. The highest BCUT2D eigenvalue weighted by Gasteiger charge is 2.26. The maximum Gasteiger partial charge on any atom is 0.0138 e. The average Bonchev–Trinajstić information content (AvgIpc) is 2.52. The zero-order valence-electron chi connectivity index (χ0n) is 14.6. The molecule has 0 amide bonds. The highest BCUT2D eigenvalue weighted by atomic mass is 14.9. The van der Waals surface area contributed by atoms with Gasteiger partial charge in [-0.1, -0.05) is 90.1 Å². The number of hydrogen-bond acceptors (Lipinski definition) is 1. The van der Waals surface area contributed by atoms with E-state index in [-0.39, 0.29) is 0 Å². The number of hydrogen-bond donors (Lipinski definition) is 1. The van der Waals surface area contributed by atoms with Crippen LogP contribution in [0.15, 0.2) is 30.3 Å². The van der Waals surface area contributed by atoms with E-state index in [4.69, 9.17) is 0 Å². The van der Waals surface area contributed by atoms with E-state index in [0.717, 1.165) is 12.5 Å². The van der Waals surface area contributed by atoms with Crippen molar-refractivity contribution in [2.75, 3.05) is 6.54 Å². The van der Waals surface area contributed by atoms with Crippen molar-refractivity contribution in [3.05, 3.63) is 35.9 Å². The van der Waals surface area contributed by atoms with Gasteiger partial charge >= 0.3 is 0 Å². The summed E-state index contributed by atoms with van der Waals surface area (Å²) in [5, 5.41) is 3.77. The molecule has 1 N–H and O–H groups in total. The molecule has 1 heteroatoms. The molecule has 1 nitrogen and oxygen atoms in total. The van der Waals surface area contributed by atoms with E-state index in [0.29, 0.717) is 12.0 Å². The van der Waals surface area contributed by atoms with Gasteiger partial charge in [-0.3, -0.25) is 0 Å². The van der Waals surface area contributed by atoms with Gasteiger partial charge in [0.1, 0.15) is 0 Å². The Kier molecular flexibility index (Phi) is 9.41. The monoisotopic (exact) mass is 289 g/mol. The van der Waals surface area contributed by atoms with E-state index in [1.807, 2.05) is 0 Å². The van der Waals surface area contributed by atoms with Gasteiger partial charge in [0.25, 0.3) is 0 Å². The lowest BCUT2D eigenvalue weighted by Gasteiger charge is -2.33. The molecule has 0 radical (unpaired) electrons. The fraction of sp³-hybridized carbons (Fsp3) is 0.700. The van der Waals surface area contributed by atoms with Crippen LogP contribution in [0.3, 0.4) is 0 Å². The molecule has 0 aliphatic carbocycles. The third-order valence-corrected chi connectivity index (χ3v) is 4.71. The summed E-state index contributed by atoms with van der Waals surface area (Å²) in [6.45, 7) is 10.3. The Balaban J connectivity index is 2.80. The molecule has 0 bridgehead atoms. The summed E-state index contributed by atoms with van der Waals surface area (Å²) in [5.74, 6) is 1.36. The fourth-order valence-electron chi connectivity index (χ4n) is 3.35. The van der Waals surface area contributed by atoms with Crippen molar-refractivity contribution in [1.29, 1.82) is 0 Å². The summed E-state index contributed by atoms with van der Waals surface area (Å²) >= 11 is 0. The number of benzene rings is 1. The first kappa shape index (κ1) is 18.2. The van der Waals surface area contributed by atoms with Crippen molar-refractivity contribution in [1.82, 2.24) is 5.32 Å². The Morgan fingerprint density at radius 1 is 0.952 bits per heavy atom.